The molecule has 0 aliphatic heterocycles. The number of hydrogen-bond acceptors (Lipinski definition) is 3. The van der Waals surface area contributed by atoms with Crippen LogP contribution in [0.25, 0.3) is 0 Å². The normalized spacial score (nSPS) is 22.2. The predicted molar refractivity (Wildman–Crippen MR) is 76.8 cm³/mol. The predicted octanol–water partition coefficient (Wildman–Crippen LogP) is 3.31. The fraction of sp³-hybridized carbons (Fsp3) is 0.500. The highest BCUT2D eigenvalue weighted by Gasteiger charge is 2.31. The molecule has 1 aliphatic carbocycles. The summed E-state index contributed by atoms with van der Waals surface area (Å²) in [6, 6.07) is 6.47. The second-order valence-corrected chi connectivity index (χ2v) is 5.99. The smallest absolute Gasteiger partial charge is 0.288 e. The van der Waals surface area contributed by atoms with E-state index in [2.05, 4.69) is 5.32 Å². The number of thioether (sulfide) groups is 1. The zero-order chi connectivity index (χ0) is 14.5. The highest BCUT2D eigenvalue weighted by atomic mass is 32.2. The molecule has 1 aromatic rings. The van der Waals surface area contributed by atoms with Crippen molar-refractivity contribution in [1.82, 2.24) is 0 Å². The molecule has 110 valence electrons. The Morgan fingerprint density at radius 1 is 1.35 bits per heavy atom. The van der Waals surface area contributed by atoms with Gasteiger partial charge in [-0.1, -0.05) is 18.2 Å². The number of carbonyl (C=O) groups excluding carboxylic acids is 1. The third-order valence-electron chi connectivity index (χ3n) is 3.65. The molecule has 3 N–H and O–H groups in total. The van der Waals surface area contributed by atoms with Crippen LogP contribution in [0.3, 0.4) is 0 Å². The van der Waals surface area contributed by atoms with Crippen LogP contribution in [-0.2, 0) is 4.79 Å². The summed E-state index contributed by atoms with van der Waals surface area (Å²) in [6.07, 6.45) is 2.90. The van der Waals surface area contributed by atoms with Crippen LogP contribution in [0, 0.1) is 11.8 Å². The fourth-order valence-corrected chi connectivity index (χ4v) is 3.12. The first-order chi connectivity index (χ1) is 9.60. The van der Waals surface area contributed by atoms with Crippen molar-refractivity contribution in [2.24, 2.45) is 17.6 Å². The minimum absolute atomic E-state index is 0.0211. The summed E-state index contributed by atoms with van der Waals surface area (Å²) in [5.74, 6) is -2.23. The second kappa shape index (κ2) is 7.04. The van der Waals surface area contributed by atoms with Gasteiger partial charge in [-0.2, -0.15) is 8.78 Å². The molecular formula is C14H18F2N2OS. The molecule has 20 heavy (non-hydrogen) atoms. The molecule has 2 atom stereocenters. The largest absolute Gasteiger partial charge is 0.330 e. The third-order valence-corrected chi connectivity index (χ3v) is 4.37. The van der Waals surface area contributed by atoms with Crippen LogP contribution in [0.1, 0.15) is 19.3 Å². The van der Waals surface area contributed by atoms with Crippen molar-refractivity contribution >= 4 is 23.4 Å². The Labute approximate surface area is 121 Å². The van der Waals surface area contributed by atoms with Crippen molar-refractivity contribution in [2.75, 3.05) is 11.9 Å². The molecule has 3 nitrogen and oxygen atoms in total. The molecule has 0 heterocycles. The molecule has 1 aromatic carbocycles. The lowest BCUT2D eigenvalue weighted by molar-refractivity contribution is -0.120. The molecule has 0 saturated heterocycles. The van der Waals surface area contributed by atoms with Crippen LogP contribution >= 0.6 is 11.8 Å². The van der Waals surface area contributed by atoms with Gasteiger partial charge in [0.05, 0.1) is 0 Å². The Bertz CT molecular complexity index is 453. The van der Waals surface area contributed by atoms with Gasteiger partial charge in [-0.15, -0.1) is 0 Å². The first kappa shape index (κ1) is 15.3. The van der Waals surface area contributed by atoms with Gasteiger partial charge in [0.25, 0.3) is 5.76 Å². The Morgan fingerprint density at radius 2 is 2.05 bits per heavy atom. The zero-order valence-electron chi connectivity index (χ0n) is 11.0. The molecule has 0 spiro atoms. The van der Waals surface area contributed by atoms with E-state index >= 15 is 0 Å². The summed E-state index contributed by atoms with van der Waals surface area (Å²) in [4.78, 5) is 12.6. The highest BCUT2D eigenvalue weighted by Crippen LogP contribution is 2.32. The van der Waals surface area contributed by atoms with Gasteiger partial charge < -0.3 is 11.1 Å². The van der Waals surface area contributed by atoms with Gasteiger partial charge in [0.2, 0.25) is 5.91 Å². The summed E-state index contributed by atoms with van der Waals surface area (Å²) < 4.78 is 24.4. The monoisotopic (exact) mass is 300 g/mol. The summed E-state index contributed by atoms with van der Waals surface area (Å²) in [6.45, 7) is 0.530. The van der Waals surface area contributed by atoms with Crippen LogP contribution in [0.15, 0.2) is 29.2 Å². The van der Waals surface area contributed by atoms with E-state index in [0.29, 0.717) is 28.9 Å². The van der Waals surface area contributed by atoms with E-state index in [0.717, 1.165) is 19.3 Å². The number of halogens is 2. The molecule has 1 amide bonds. The van der Waals surface area contributed by atoms with E-state index in [4.69, 9.17) is 5.73 Å². The van der Waals surface area contributed by atoms with Crippen molar-refractivity contribution in [3.05, 3.63) is 24.3 Å². The average molecular weight is 300 g/mol. The van der Waals surface area contributed by atoms with Gasteiger partial charge in [-0.05, 0) is 49.6 Å². The SMILES string of the molecule is NC[C@H]1CCC[C@H]1C(=O)Nc1ccc(SC(F)F)cc1. The average Bonchev–Trinajstić information content (AvgIpc) is 2.89. The van der Waals surface area contributed by atoms with E-state index in [9.17, 15) is 13.6 Å². The van der Waals surface area contributed by atoms with Crippen molar-refractivity contribution < 1.29 is 13.6 Å². The summed E-state index contributed by atoms with van der Waals surface area (Å²) in [7, 11) is 0. The standard InChI is InChI=1S/C14H18F2N2OS/c15-14(16)20-11-6-4-10(5-7-11)18-13(19)12-3-1-2-9(12)8-17/h4-7,9,12,14H,1-3,8,17H2,(H,18,19)/t9-,12-/m1/s1. The van der Waals surface area contributed by atoms with Crippen LogP contribution < -0.4 is 11.1 Å². The molecule has 0 aromatic heterocycles. The number of anilines is 1. The van der Waals surface area contributed by atoms with Crippen molar-refractivity contribution in [3.63, 3.8) is 0 Å². The third kappa shape index (κ3) is 3.93. The summed E-state index contributed by atoms with van der Waals surface area (Å²) >= 11 is 0.493. The van der Waals surface area contributed by atoms with Crippen molar-refractivity contribution in [1.29, 1.82) is 0 Å². The van der Waals surface area contributed by atoms with Gasteiger partial charge in [-0.25, -0.2) is 0 Å². The molecule has 6 heteroatoms. The summed E-state index contributed by atoms with van der Waals surface area (Å²) in [5.41, 5.74) is 6.30. The number of alkyl halides is 2. The van der Waals surface area contributed by atoms with Crippen LogP contribution in [0.5, 0.6) is 0 Å². The van der Waals surface area contributed by atoms with Crippen LogP contribution in [-0.4, -0.2) is 18.2 Å². The number of carbonyl (C=O) groups is 1. The maximum absolute atomic E-state index is 12.2. The van der Waals surface area contributed by atoms with E-state index in [-0.39, 0.29) is 17.7 Å². The molecule has 2 rings (SSSR count). The maximum atomic E-state index is 12.2. The minimum atomic E-state index is -2.43. The molecule has 1 fully saturated rings. The number of benzene rings is 1. The Hall–Kier alpha value is -1.14. The topological polar surface area (TPSA) is 55.1 Å². The fourth-order valence-electron chi connectivity index (χ4n) is 2.62. The van der Waals surface area contributed by atoms with E-state index in [1.807, 2.05) is 0 Å². The number of rotatable bonds is 5. The summed E-state index contributed by atoms with van der Waals surface area (Å²) in [5, 5.41) is 2.84. The molecule has 0 bridgehead atoms. The lowest BCUT2D eigenvalue weighted by Crippen LogP contribution is -2.29. The molecule has 0 unspecified atom stereocenters. The number of nitrogens with one attached hydrogen (secondary N) is 1. The van der Waals surface area contributed by atoms with E-state index in [1.54, 1.807) is 24.3 Å². The second-order valence-electron chi connectivity index (χ2n) is 4.93. The van der Waals surface area contributed by atoms with Gasteiger partial charge in [0.1, 0.15) is 0 Å². The van der Waals surface area contributed by atoms with Crippen molar-refractivity contribution in [3.8, 4) is 0 Å². The maximum Gasteiger partial charge on any atom is 0.288 e. The Morgan fingerprint density at radius 3 is 2.65 bits per heavy atom. The minimum Gasteiger partial charge on any atom is -0.330 e. The van der Waals surface area contributed by atoms with Gasteiger partial charge in [-0.3, -0.25) is 4.79 Å². The van der Waals surface area contributed by atoms with Crippen LogP contribution in [0.2, 0.25) is 0 Å². The first-order valence-corrected chi connectivity index (χ1v) is 7.54. The lowest BCUT2D eigenvalue weighted by atomic mass is 9.95. The Kier molecular flexibility index (Phi) is 5.37. The number of amides is 1. The van der Waals surface area contributed by atoms with E-state index < -0.39 is 5.76 Å². The van der Waals surface area contributed by atoms with E-state index in [1.165, 1.54) is 0 Å². The van der Waals surface area contributed by atoms with Gasteiger partial charge in [0.15, 0.2) is 0 Å². The molecule has 1 aliphatic rings. The molecular weight excluding hydrogens is 282 g/mol. The number of hydrogen-bond donors (Lipinski definition) is 2. The van der Waals surface area contributed by atoms with Crippen molar-refractivity contribution in [2.45, 2.75) is 29.9 Å². The lowest BCUT2D eigenvalue weighted by Gasteiger charge is -2.17. The van der Waals surface area contributed by atoms with Gasteiger partial charge in [0, 0.05) is 16.5 Å². The first-order valence-electron chi connectivity index (χ1n) is 6.66. The number of nitrogens with two attached hydrogens (primary N) is 1. The quantitative estimate of drug-likeness (QED) is 0.820. The zero-order valence-corrected chi connectivity index (χ0v) is 11.8. The highest BCUT2D eigenvalue weighted by molar-refractivity contribution is 7.99. The Balaban J connectivity index is 1.94. The van der Waals surface area contributed by atoms with Crippen LogP contribution in [0.4, 0.5) is 14.5 Å². The van der Waals surface area contributed by atoms with Gasteiger partial charge >= 0.3 is 0 Å². The molecule has 0 radical (unpaired) electrons. The molecule has 1 saturated carbocycles.